The third-order valence-corrected chi connectivity index (χ3v) is 2.67. The van der Waals surface area contributed by atoms with E-state index >= 15 is 0 Å². The Morgan fingerprint density at radius 3 is 2.71 bits per heavy atom. The highest BCUT2D eigenvalue weighted by Gasteiger charge is 2.08. The van der Waals surface area contributed by atoms with E-state index in [-0.39, 0.29) is 11.6 Å². The Labute approximate surface area is 99.9 Å². The molecule has 0 aliphatic heterocycles. The van der Waals surface area contributed by atoms with Gasteiger partial charge in [-0.05, 0) is 12.5 Å². The van der Waals surface area contributed by atoms with E-state index in [1.54, 1.807) is 19.4 Å². The zero-order valence-electron chi connectivity index (χ0n) is 9.92. The second-order valence-electron chi connectivity index (χ2n) is 3.97. The third kappa shape index (κ3) is 2.53. The van der Waals surface area contributed by atoms with Gasteiger partial charge in [0.25, 0.3) is 5.56 Å². The zero-order chi connectivity index (χ0) is 12.3. The van der Waals surface area contributed by atoms with E-state index in [2.05, 4.69) is 10.3 Å². The van der Waals surface area contributed by atoms with Crippen molar-refractivity contribution in [3.8, 4) is 0 Å². The number of rotatable bonds is 3. The summed E-state index contributed by atoms with van der Waals surface area (Å²) in [6.07, 6.45) is 3.25. The summed E-state index contributed by atoms with van der Waals surface area (Å²) >= 11 is 0. The number of aryl methyl sites for hydroxylation is 1. The highest BCUT2D eigenvalue weighted by molar-refractivity contribution is 5.35. The third-order valence-electron chi connectivity index (χ3n) is 2.67. The Morgan fingerprint density at radius 2 is 2.00 bits per heavy atom. The van der Waals surface area contributed by atoms with Crippen LogP contribution in [0.5, 0.6) is 0 Å². The predicted molar refractivity (Wildman–Crippen MR) is 68.0 cm³/mol. The number of anilines is 1. The van der Waals surface area contributed by atoms with Crippen LogP contribution in [0.4, 0.5) is 5.82 Å². The molecule has 4 heteroatoms. The Kier molecular flexibility index (Phi) is 3.23. The van der Waals surface area contributed by atoms with Gasteiger partial charge in [-0.3, -0.25) is 4.79 Å². The predicted octanol–water partition coefficient (Wildman–Crippen LogP) is 1.95. The van der Waals surface area contributed by atoms with Crippen molar-refractivity contribution in [2.75, 3.05) is 5.32 Å². The van der Waals surface area contributed by atoms with E-state index in [1.165, 1.54) is 4.57 Å². The molecular formula is C13H15N3O. The molecule has 0 fully saturated rings. The molecule has 0 aliphatic rings. The first-order valence-electron chi connectivity index (χ1n) is 5.51. The molecule has 17 heavy (non-hydrogen) atoms. The number of hydrogen-bond acceptors (Lipinski definition) is 3. The van der Waals surface area contributed by atoms with Crippen LogP contribution in [-0.2, 0) is 7.05 Å². The summed E-state index contributed by atoms with van der Waals surface area (Å²) in [6.45, 7) is 2.00. The summed E-state index contributed by atoms with van der Waals surface area (Å²) in [5, 5.41) is 3.12. The van der Waals surface area contributed by atoms with Crippen LogP contribution in [0.15, 0.2) is 47.5 Å². The van der Waals surface area contributed by atoms with Gasteiger partial charge >= 0.3 is 0 Å². The van der Waals surface area contributed by atoms with Crippen LogP contribution in [0.3, 0.4) is 0 Å². The molecule has 1 aromatic carbocycles. The number of benzene rings is 1. The molecule has 2 aromatic rings. The average molecular weight is 229 g/mol. The second kappa shape index (κ2) is 4.82. The minimum absolute atomic E-state index is 0.0544. The normalized spacial score (nSPS) is 12.1. The first-order valence-corrected chi connectivity index (χ1v) is 5.51. The standard InChI is InChI=1S/C13H15N3O/c1-10(11-6-4-3-5-7-11)15-12-13(17)16(2)9-8-14-12/h3-10H,1-2H3,(H,14,15). The lowest BCUT2D eigenvalue weighted by Crippen LogP contribution is -2.23. The molecule has 1 aromatic heterocycles. The second-order valence-corrected chi connectivity index (χ2v) is 3.97. The van der Waals surface area contributed by atoms with Crippen molar-refractivity contribution < 1.29 is 0 Å². The molecular weight excluding hydrogens is 214 g/mol. The summed E-state index contributed by atoms with van der Waals surface area (Å²) in [4.78, 5) is 15.8. The fourth-order valence-corrected chi connectivity index (χ4v) is 1.63. The first kappa shape index (κ1) is 11.4. The molecule has 1 atom stereocenters. The highest BCUT2D eigenvalue weighted by atomic mass is 16.1. The molecule has 1 N–H and O–H groups in total. The molecule has 1 heterocycles. The molecule has 0 spiro atoms. The number of nitrogens with one attached hydrogen (secondary N) is 1. The monoisotopic (exact) mass is 229 g/mol. The Hall–Kier alpha value is -2.10. The molecule has 0 aliphatic carbocycles. The van der Waals surface area contributed by atoms with Crippen molar-refractivity contribution in [3.05, 3.63) is 58.6 Å². The van der Waals surface area contributed by atoms with Crippen molar-refractivity contribution >= 4 is 5.82 Å². The van der Waals surface area contributed by atoms with Crippen molar-refractivity contribution in [3.63, 3.8) is 0 Å². The Balaban J connectivity index is 2.22. The SMILES string of the molecule is CC(Nc1nccn(C)c1=O)c1ccccc1. The lowest BCUT2D eigenvalue weighted by atomic mass is 10.1. The quantitative estimate of drug-likeness (QED) is 0.875. The fourth-order valence-electron chi connectivity index (χ4n) is 1.63. The highest BCUT2D eigenvalue weighted by Crippen LogP contribution is 2.14. The van der Waals surface area contributed by atoms with Crippen LogP contribution in [0.25, 0.3) is 0 Å². The van der Waals surface area contributed by atoms with Crippen LogP contribution >= 0.6 is 0 Å². The lowest BCUT2D eigenvalue weighted by Gasteiger charge is -2.14. The van der Waals surface area contributed by atoms with E-state index in [9.17, 15) is 4.79 Å². The lowest BCUT2D eigenvalue weighted by molar-refractivity contribution is 0.813. The fraction of sp³-hybridized carbons (Fsp3) is 0.231. The Bertz CT molecular complexity index is 548. The molecule has 0 bridgehead atoms. The first-order chi connectivity index (χ1) is 8.18. The number of nitrogens with zero attached hydrogens (tertiary/aromatic N) is 2. The van der Waals surface area contributed by atoms with Gasteiger partial charge in [0.05, 0.1) is 6.04 Å². The van der Waals surface area contributed by atoms with Crippen LogP contribution < -0.4 is 10.9 Å². The number of hydrogen-bond donors (Lipinski definition) is 1. The van der Waals surface area contributed by atoms with E-state index in [4.69, 9.17) is 0 Å². The van der Waals surface area contributed by atoms with E-state index in [0.29, 0.717) is 5.82 Å². The van der Waals surface area contributed by atoms with Crippen LogP contribution in [0.1, 0.15) is 18.5 Å². The molecule has 0 radical (unpaired) electrons. The average Bonchev–Trinajstić information content (AvgIpc) is 2.36. The van der Waals surface area contributed by atoms with E-state index < -0.39 is 0 Å². The van der Waals surface area contributed by atoms with Crippen LogP contribution in [-0.4, -0.2) is 9.55 Å². The molecule has 0 saturated heterocycles. The van der Waals surface area contributed by atoms with Gasteiger partial charge in [0.1, 0.15) is 0 Å². The molecule has 0 amide bonds. The minimum Gasteiger partial charge on any atom is -0.359 e. The Morgan fingerprint density at radius 1 is 1.29 bits per heavy atom. The smallest absolute Gasteiger partial charge is 0.293 e. The summed E-state index contributed by atoms with van der Waals surface area (Å²) < 4.78 is 1.51. The number of aromatic nitrogens is 2. The molecule has 4 nitrogen and oxygen atoms in total. The van der Waals surface area contributed by atoms with Crippen molar-refractivity contribution in [1.82, 2.24) is 9.55 Å². The van der Waals surface area contributed by atoms with Gasteiger partial charge in [-0.25, -0.2) is 4.98 Å². The van der Waals surface area contributed by atoms with Crippen molar-refractivity contribution in [1.29, 1.82) is 0 Å². The molecule has 88 valence electrons. The van der Waals surface area contributed by atoms with Crippen LogP contribution in [0, 0.1) is 0 Å². The summed E-state index contributed by atoms with van der Waals surface area (Å²) in [5.41, 5.74) is 1.01. The van der Waals surface area contributed by atoms with Gasteiger partial charge in [-0.2, -0.15) is 0 Å². The maximum Gasteiger partial charge on any atom is 0.293 e. The van der Waals surface area contributed by atoms with Gasteiger partial charge < -0.3 is 9.88 Å². The van der Waals surface area contributed by atoms with Gasteiger partial charge in [-0.15, -0.1) is 0 Å². The van der Waals surface area contributed by atoms with Gasteiger partial charge in [0, 0.05) is 19.4 Å². The maximum atomic E-state index is 11.8. The van der Waals surface area contributed by atoms with E-state index in [0.717, 1.165) is 5.56 Å². The summed E-state index contributed by atoms with van der Waals surface area (Å²) in [6, 6.07) is 10.0. The topological polar surface area (TPSA) is 46.9 Å². The molecule has 2 rings (SSSR count). The molecule has 0 saturated carbocycles. The van der Waals surface area contributed by atoms with Crippen LogP contribution in [0.2, 0.25) is 0 Å². The van der Waals surface area contributed by atoms with E-state index in [1.807, 2.05) is 37.3 Å². The summed E-state index contributed by atoms with van der Waals surface area (Å²) in [7, 11) is 1.71. The van der Waals surface area contributed by atoms with Gasteiger partial charge in [0.2, 0.25) is 0 Å². The maximum absolute atomic E-state index is 11.8. The van der Waals surface area contributed by atoms with Gasteiger partial charge in [0.15, 0.2) is 5.82 Å². The van der Waals surface area contributed by atoms with Crippen molar-refractivity contribution in [2.24, 2.45) is 7.05 Å². The molecule has 1 unspecified atom stereocenters. The largest absolute Gasteiger partial charge is 0.359 e. The summed E-state index contributed by atoms with van der Waals surface area (Å²) in [5.74, 6) is 0.381. The van der Waals surface area contributed by atoms with Crippen molar-refractivity contribution in [2.45, 2.75) is 13.0 Å². The zero-order valence-corrected chi connectivity index (χ0v) is 9.92. The minimum atomic E-state index is -0.115. The van der Waals surface area contributed by atoms with Gasteiger partial charge in [-0.1, -0.05) is 30.3 Å².